The largest absolute Gasteiger partial charge is 0.457 e. The molecule has 2 aromatic rings. The molecule has 0 aliphatic carbocycles. The molecule has 1 unspecified atom stereocenters. The molecule has 0 saturated heterocycles. The van der Waals surface area contributed by atoms with Crippen LogP contribution in [0.3, 0.4) is 0 Å². The van der Waals surface area contributed by atoms with Crippen LogP contribution in [-0.4, -0.2) is 6.04 Å². The number of nitrogens with two attached hydrogens (primary N) is 1. The van der Waals surface area contributed by atoms with Gasteiger partial charge in [-0.2, -0.15) is 0 Å². The monoisotopic (exact) mass is 275 g/mol. The molecular weight excluding hydrogens is 258 g/mol. The normalized spacial score (nSPS) is 12.2. The molecule has 2 N–H and O–H groups in total. The molecule has 2 aromatic carbocycles. The highest BCUT2D eigenvalue weighted by Crippen LogP contribution is 2.29. The topological polar surface area (TPSA) is 35.2 Å². The van der Waals surface area contributed by atoms with Gasteiger partial charge in [0, 0.05) is 11.1 Å². The van der Waals surface area contributed by atoms with Crippen LogP contribution in [0.2, 0.25) is 5.02 Å². The van der Waals surface area contributed by atoms with Gasteiger partial charge in [-0.25, -0.2) is 0 Å². The van der Waals surface area contributed by atoms with E-state index in [1.807, 2.05) is 56.3 Å². The second-order valence-electron chi connectivity index (χ2n) is 4.85. The fraction of sp³-hybridized carbons (Fsp3) is 0.250. The van der Waals surface area contributed by atoms with Crippen LogP contribution >= 0.6 is 11.6 Å². The van der Waals surface area contributed by atoms with Gasteiger partial charge in [0.05, 0.1) is 0 Å². The van der Waals surface area contributed by atoms with E-state index in [1.165, 1.54) is 0 Å². The third-order valence-corrected chi connectivity index (χ3v) is 3.02. The summed E-state index contributed by atoms with van der Waals surface area (Å²) in [5, 5.41) is 0.663. The minimum Gasteiger partial charge on any atom is -0.457 e. The molecule has 2 rings (SSSR count). The highest BCUT2D eigenvalue weighted by Gasteiger charge is 2.08. The Morgan fingerprint density at radius 3 is 2.68 bits per heavy atom. The fourth-order valence-corrected chi connectivity index (χ4v) is 2.11. The number of hydrogen-bond donors (Lipinski definition) is 1. The van der Waals surface area contributed by atoms with Crippen molar-refractivity contribution in [1.82, 2.24) is 0 Å². The summed E-state index contributed by atoms with van der Waals surface area (Å²) in [7, 11) is 0. The van der Waals surface area contributed by atoms with E-state index in [2.05, 4.69) is 0 Å². The highest BCUT2D eigenvalue weighted by atomic mass is 35.5. The molecule has 19 heavy (non-hydrogen) atoms. The molecular formula is C16H18ClNO. The van der Waals surface area contributed by atoms with E-state index in [9.17, 15) is 0 Å². The summed E-state index contributed by atoms with van der Waals surface area (Å²) in [5.41, 5.74) is 8.09. The average molecular weight is 276 g/mol. The maximum atomic E-state index is 6.04. The number of aryl methyl sites for hydroxylation is 1. The van der Waals surface area contributed by atoms with Crippen LogP contribution in [0.15, 0.2) is 42.5 Å². The lowest BCUT2D eigenvalue weighted by Gasteiger charge is -2.13. The summed E-state index contributed by atoms with van der Waals surface area (Å²) >= 11 is 6.04. The van der Waals surface area contributed by atoms with Gasteiger partial charge in [-0.3, -0.25) is 0 Å². The summed E-state index contributed by atoms with van der Waals surface area (Å²) < 4.78 is 5.93. The van der Waals surface area contributed by atoms with Crippen molar-refractivity contribution in [2.45, 2.75) is 26.3 Å². The van der Waals surface area contributed by atoms with Gasteiger partial charge in [0.1, 0.15) is 11.5 Å². The van der Waals surface area contributed by atoms with Crippen LogP contribution in [0.5, 0.6) is 11.5 Å². The zero-order valence-corrected chi connectivity index (χ0v) is 11.9. The molecule has 100 valence electrons. The molecule has 3 heteroatoms. The van der Waals surface area contributed by atoms with Crippen LogP contribution in [0.4, 0.5) is 0 Å². The minimum atomic E-state index is 0.0843. The number of ether oxygens (including phenoxy) is 1. The van der Waals surface area contributed by atoms with E-state index in [4.69, 9.17) is 22.1 Å². The van der Waals surface area contributed by atoms with Crippen LogP contribution < -0.4 is 10.5 Å². The van der Waals surface area contributed by atoms with E-state index in [0.29, 0.717) is 5.02 Å². The van der Waals surface area contributed by atoms with Crippen molar-refractivity contribution < 1.29 is 4.74 Å². The zero-order valence-electron chi connectivity index (χ0n) is 11.2. The van der Waals surface area contributed by atoms with E-state index in [-0.39, 0.29) is 6.04 Å². The Bertz CT molecular complexity index is 566. The van der Waals surface area contributed by atoms with E-state index in [1.54, 1.807) is 0 Å². The first-order valence-corrected chi connectivity index (χ1v) is 6.71. The second kappa shape index (κ2) is 6.09. The first kappa shape index (κ1) is 13.9. The van der Waals surface area contributed by atoms with Crippen LogP contribution in [0.25, 0.3) is 0 Å². The third kappa shape index (κ3) is 3.98. The maximum absolute atomic E-state index is 6.04. The van der Waals surface area contributed by atoms with Gasteiger partial charge in [0.25, 0.3) is 0 Å². The molecule has 0 heterocycles. The Morgan fingerprint density at radius 2 is 2.00 bits per heavy atom. The Hall–Kier alpha value is -1.51. The second-order valence-corrected chi connectivity index (χ2v) is 5.29. The minimum absolute atomic E-state index is 0.0843. The van der Waals surface area contributed by atoms with Gasteiger partial charge in [-0.15, -0.1) is 0 Å². The van der Waals surface area contributed by atoms with Gasteiger partial charge in [0.15, 0.2) is 0 Å². The lowest BCUT2D eigenvalue weighted by atomic mass is 10.1. The van der Waals surface area contributed by atoms with Crippen molar-refractivity contribution in [3.05, 3.63) is 58.6 Å². The van der Waals surface area contributed by atoms with Gasteiger partial charge in [-0.05, 0) is 55.7 Å². The number of rotatable bonds is 4. The van der Waals surface area contributed by atoms with Crippen molar-refractivity contribution in [3.8, 4) is 11.5 Å². The number of halogens is 1. The zero-order chi connectivity index (χ0) is 13.8. The summed E-state index contributed by atoms with van der Waals surface area (Å²) in [6, 6.07) is 13.7. The predicted octanol–water partition coefficient (Wildman–Crippen LogP) is 4.33. The molecule has 0 aromatic heterocycles. The van der Waals surface area contributed by atoms with E-state index >= 15 is 0 Å². The summed E-state index contributed by atoms with van der Waals surface area (Å²) in [6.45, 7) is 4.01. The lowest BCUT2D eigenvalue weighted by molar-refractivity contribution is 0.473. The molecule has 1 atom stereocenters. The van der Waals surface area contributed by atoms with Crippen LogP contribution in [-0.2, 0) is 6.42 Å². The molecule has 0 amide bonds. The Balaban J connectivity index is 2.30. The molecule has 0 spiro atoms. The number of hydrogen-bond acceptors (Lipinski definition) is 2. The number of benzene rings is 2. The highest BCUT2D eigenvalue weighted by molar-refractivity contribution is 6.30. The van der Waals surface area contributed by atoms with Gasteiger partial charge in [-0.1, -0.05) is 29.8 Å². The smallest absolute Gasteiger partial charge is 0.132 e. The fourth-order valence-electron chi connectivity index (χ4n) is 1.94. The standard InChI is InChI=1S/C16H18ClNO/c1-11-4-3-5-15(8-11)19-16-10-14(17)7-6-13(16)9-12(2)18/h3-8,10,12H,9,18H2,1-2H3. The summed E-state index contributed by atoms with van der Waals surface area (Å²) in [5.74, 6) is 1.59. The predicted molar refractivity (Wildman–Crippen MR) is 80.1 cm³/mol. The molecule has 0 aliphatic heterocycles. The average Bonchev–Trinajstić information content (AvgIpc) is 2.32. The Kier molecular flexibility index (Phi) is 4.46. The maximum Gasteiger partial charge on any atom is 0.132 e. The Labute approximate surface area is 119 Å². The molecule has 0 bridgehead atoms. The van der Waals surface area contributed by atoms with E-state index in [0.717, 1.165) is 29.0 Å². The van der Waals surface area contributed by atoms with Crippen LogP contribution in [0, 0.1) is 6.92 Å². The Morgan fingerprint density at radius 1 is 1.21 bits per heavy atom. The van der Waals surface area contributed by atoms with Crippen molar-refractivity contribution in [2.24, 2.45) is 5.73 Å². The SMILES string of the molecule is Cc1cccc(Oc2cc(Cl)ccc2CC(C)N)c1. The molecule has 0 radical (unpaired) electrons. The lowest BCUT2D eigenvalue weighted by Crippen LogP contribution is -2.18. The molecule has 0 aliphatic rings. The van der Waals surface area contributed by atoms with E-state index < -0.39 is 0 Å². The van der Waals surface area contributed by atoms with Crippen molar-refractivity contribution in [3.63, 3.8) is 0 Å². The molecule has 0 saturated carbocycles. The first-order valence-electron chi connectivity index (χ1n) is 6.33. The summed E-state index contributed by atoms with van der Waals surface area (Å²) in [6.07, 6.45) is 0.762. The molecule has 2 nitrogen and oxygen atoms in total. The molecule has 0 fully saturated rings. The third-order valence-electron chi connectivity index (χ3n) is 2.79. The van der Waals surface area contributed by atoms with Gasteiger partial charge < -0.3 is 10.5 Å². The van der Waals surface area contributed by atoms with Gasteiger partial charge in [0.2, 0.25) is 0 Å². The van der Waals surface area contributed by atoms with Crippen molar-refractivity contribution in [2.75, 3.05) is 0 Å². The first-order chi connectivity index (χ1) is 9.04. The van der Waals surface area contributed by atoms with Gasteiger partial charge >= 0.3 is 0 Å². The summed E-state index contributed by atoms with van der Waals surface area (Å²) in [4.78, 5) is 0. The van der Waals surface area contributed by atoms with Crippen LogP contribution in [0.1, 0.15) is 18.1 Å². The van der Waals surface area contributed by atoms with Crippen molar-refractivity contribution >= 4 is 11.6 Å². The van der Waals surface area contributed by atoms with Crippen molar-refractivity contribution in [1.29, 1.82) is 0 Å². The quantitative estimate of drug-likeness (QED) is 0.901.